The quantitative estimate of drug-likeness (QED) is 0.612. The summed E-state index contributed by atoms with van der Waals surface area (Å²) in [6.45, 7) is 1.12. The van der Waals surface area contributed by atoms with Crippen molar-refractivity contribution in [3.8, 4) is 0 Å². The number of ether oxygens (including phenoxy) is 1. The molecule has 1 aromatic rings. The van der Waals surface area contributed by atoms with Crippen molar-refractivity contribution >= 4 is 11.8 Å². The number of rotatable bonds is 6. The first-order valence-corrected chi connectivity index (χ1v) is 5.57. The van der Waals surface area contributed by atoms with Gasteiger partial charge in [-0.1, -0.05) is 30.3 Å². The maximum absolute atomic E-state index is 13.3. The highest BCUT2D eigenvalue weighted by Gasteiger charge is 2.24. The van der Waals surface area contributed by atoms with Crippen LogP contribution >= 0.6 is 0 Å². The van der Waals surface area contributed by atoms with E-state index in [1.165, 1.54) is 7.11 Å². The molecular weight excluding hydrogens is 237 g/mol. The van der Waals surface area contributed by atoms with Crippen molar-refractivity contribution in [1.29, 1.82) is 0 Å². The van der Waals surface area contributed by atoms with Crippen LogP contribution in [0.15, 0.2) is 30.3 Å². The van der Waals surface area contributed by atoms with Gasteiger partial charge < -0.3 is 4.74 Å². The van der Waals surface area contributed by atoms with Crippen LogP contribution < -0.4 is 5.32 Å². The molecule has 0 spiro atoms. The Kier molecular flexibility index (Phi) is 5.45. The summed E-state index contributed by atoms with van der Waals surface area (Å²) in [4.78, 5) is 22.4. The zero-order valence-corrected chi connectivity index (χ0v) is 10.4. The van der Waals surface area contributed by atoms with Gasteiger partial charge in [0.2, 0.25) is 6.30 Å². The second-order valence-corrected chi connectivity index (χ2v) is 3.91. The molecule has 2 atom stereocenters. The zero-order valence-electron chi connectivity index (χ0n) is 10.4. The van der Waals surface area contributed by atoms with Crippen LogP contribution in [0.2, 0.25) is 0 Å². The fourth-order valence-electron chi connectivity index (χ4n) is 1.50. The van der Waals surface area contributed by atoms with Gasteiger partial charge in [-0.15, -0.1) is 0 Å². The van der Waals surface area contributed by atoms with E-state index in [2.05, 4.69) is 10.1 Å². The summed E-state index contributed by atoms with van der Waals surface area (Å²) in [5.41, 5.74) is 0.858. The molecule has 0 aliphatic carbocycles. The van der Waals surface area contributed by atoms with E-state index in [0.717, 1.165) is 12.5 Å². The van der Waals surface area contributed by atoms with E-state index < -0.39 is 24.1 Å². The van der Waals surface area contributed by atoms with Crippen LogP contribution in [-0.2, 0) is 20.7 Å². The number of ketones is 1. The SMILES string of the molecule is COC(=O)C(Cc1ccccc1)NC(F)C(C)=O. The number of carbonyl (C=O) groups excluding carboxylic acids is 2. The Balaban J connectivity index is 2.73. The van der Waals surface area contributed by atoms with Crippen LogP contribution in [0.5, 0.6) is 0 Å². The highest BCUT2D eigenvalue weighted by atomic mass is 19.1. The number of Topliss-reactive ketones (excluding diaryl/α,β-unsaturated/α-hetero) is 1. The number of esters is 1. The standard InChI is InChI=1S/C13H16FNO3/c1-9(16)12(14)15-11(13(17)18-2)8-10-6-4-3-5-7-10/h3-7,11-12,15H,8H2,1-2H3. The minimum absolute atomic E-state index is 0.265. The molecule has 1 N–H and O–H groups in total. The third-order valence-corrected chi connectivity index (χ3v) is 2.47. The monoisotopic (exact) mass is 253 g/mol. The second-order valence-electron chi connectivity index (χ2n) is 3.91. The molecule has 0 saturated heterocycles. The van der Waals surface area contributed by atoms with Crippen LogP contribution in [0.4, 0.5) is 4.39 Å². The van der Waals surface area contributed by atoms with Crippen molar-refractivity contribution in [1.82, 2.24) is 5.32 Å². The van der Waals surface area contributed by atoms with Crippen molar-refractivity contribution < 1.29 is 18.7 Å². The highest BCUT2D eigenvalue weighted by Crippen LogP contribution is 2.06. The average molecular weight is 253 g/mol. The molecule has 4 nitrogen and oxygen atoms in total. The van der Waals surface area contributed by atoms with Gasteiger partial charge in [-0.3, -0.25) is 14.9 Å². The number of carbonyl (C=O) groups is 2. The van der Waals surface area contributed by atoms with Crippen molar-refractivity contribution in [3.63, 3.8) is 0 Å². The number of methoxy groups -OCH3 is 1. The number of hydrogen-bond acceptors (Lipinski definition) is 4. The van der Waals surface area contributed by atoms with Gasteiger partial charge in [0.05, 0.1) is 7.11 Å². The lowest BCUT2D eigenvalue weighted by molar-refractivity contribution is -0.144. The molecule has 0 aromatic heterocycles. The molecule has 0 saturated carbocycles. The van der Waals surface area contributed by atoms with E-state index in [4.69, 9.17) is 0 Å². The zero-order chi connectivity index (χ0) is 13.5. The summed E-state index contributed by atoms with van der Waals surface area (Å²) < 4.78 is 17.9. The third-order valence-electron chi connectivity index (χ3n) is 2.47. The van der Waals surface area contributed by atoms with Crippen molar-refractivity contribution in [2.45, 2.75) is 25.7 Å². The van der Waals surface area contributed by atoms with E-state index in [-0.39, 0.29) is 6.42 Å². The molecule has 1 aromatic carbocycles. The molecule has 0 amide bonds. The Morgan fingerprint density at radius 2 is 1.94 bits per heavy atom. The minimum atomic E-state index is -1.86. The largest absolute Gasteiger partial charge is 0.468 e. The van der Waals surface area contributed by atoms with Gasteiger partial charge in [0.25, 0.3) is 0 Å². The van der Waals surface area contributed by atoms with Crippen molar-refractivity contribution in [2.75, 3.05) is 7.11 Å². The first kappa shape index (κ1) is 14.3. The Morgan fingerprint density at radius 3 is 2.44 bits per heavy atom. The topological polar surface area (TPSA) is 55.4 Å². The first-order valence-electron chi connectivity index (χ1n) is 5.57. The van der Waals surface area contributed by atoms with Gasteiger partial charge in [-0.05, 0) is 18.9 Å². The van der Waals surface area contributed by atoms with Gasteiger partial charge >= 0.3 is 5.97 Å². The second kappa shape index (κ2) is 6.86. The Hall–Kier alpha value is -1.75. The average Bonchev–Trinajstić information content (AvgIpc) is 2.38. The first-order chi connectivity index (χ1) is 8.54. The summed E-state index contributed by atoms with van der Waals surface area (Å²) in [5.74, 6) is -1.26. The third kappa shape index (κ3) is 4.25. The van der Waals surface area contributed by atoms with Gasteiger partial charge in [-0.2, -0.15) is 0 Å². The molecule has 0 bridgehead atoms. The number of halogens is 1. The van der Waals surface area contributed by atoms with Gasteiger partial charge in [-0.25, -0.2) is 4.39 Å². The number of alkyl halides is 1. The van der Waals surface area contributed by atoms with Gasteiger partial charge in [0.15, 0.2) is 5.78 Å². The lowest BCUT2D eigenvalue weighted by Crippen LogP contribution is -2.46. The lowest BCUT2D eigenvalue weighted by Gasteiger charge is -2.18. The Bertz CT molecular complexity index is 408. The van der Waals surface area contributed by atoms with Crippen LogP contribution in [0, 0.1) is 0 Å². The molecule has 0 fully saturated rings. The predicted molar refractivity (Wildman–Crippen MR) is 64.7 cm³/mol. The Labute approximate surface area is 105 Å². The van der Waals surface area contributed by atoms with E-state index in [9.17, 15) is 14.0 Å². The molecule has 18 heavy (non-hydrogen) atoms. The molecule has 98 valence electrons. The van der Waals surface area contributed by atoms with Gasteiger partial charge in [0.1, 0.15) is 6.04 Å². The van der Waals surface area contributed by atoms with E-state index in [1.807, 2.05) is 30.3 Å². The number of nitrogens with one attached hydrogen (secondary N) is 1. The molecule has 2 unspecified atom stereocenters. The summed E-state index contributed by atoms with van der Waals surface area (Å²) in [5, 5.41) is 2.32. The van der Waals surface area contributed by atoms with Crippen molar-refractivity contribution in [2.24, 2.45) is 0 Å². The van der Waals surface area contributed by atoms with E-state index in [0.29, 0.717) is 0 Å². The molecule has 0 aliphatic heterocycles. The summed E-state index contributed by atoms with van der Waals surface area (Å²) in [6.07, 6.45) is -1.60. The predicted octanol–water partition coefficient (Wildman–Crippen LogP) is 1.24. The fourth-order valence-corrected chi connectivity index (χ4v) is 1.50. The summed E-state index contributed by atoms with van der Waals surface area (Å²) >= 11 is 0. The summed E-state index contributed by atoms with van der Waals surface area (Å²) in [7, 11) is 1.23. The minimum Gasteiger partial charge on any atom is -0.468 e. The van der Waals surface area contributed by atoms with Crippen LogP contribution in [-0.4, -0.2) is 31.2 Å². The maximum atomic E-state index is 13.3. The van der Waals surface area contributed by atoms with Gasteiger partial charge in [0, 0.05) is 0 Å². The lowest BCUT2D eigenvalue weighted by atomic mass is 10.1. The molecule has 1 rings (SSSR count). The molecule has 5 heteroatoms. The molecule has 0 heterocycles. The maximum Gasteiger partial charge on any atom is 0.323 e. The van der Waals surface area contributed by atoms with Crippen LogP contribution in [0.3, 0.4) is 0 Å². The number of hydrogen-bond donors (Lipinski definition) is 1. The molecular formula is C13H16FNO3. The number of benzene rings is 1. The highest BCUT2D eigenvalue weighted by molar-refractivity contribution is 5.82. The van der Waals surface area contributed by atoms with E-state index in [1.54, 1.807) is 0 Å². The van der Waals surface area contributed by atoms with E-state index >= 15 is 0 Å². The fraction of sp³-hybridized carbons (Fsp3) is 0.385. The van der Waals surface area contributed by atoms with Crippen LogP contribution in [0.1, 0.15) is 12.5 Å². The van der Waals surface area contributed by atoms with Crippen molar-refractivity contribution in [3.05, 3.63) is 35.9 Å². The molecule has 0 aliphatic rings. The normalized spacial score (nSPS) is 13.7. The smallest absolute Gasteiger partial charge is 0.323 e. The summed E-state index contributed by atoms with van der Waals surface area (Å²) in [6, 6.07) is 8.24. The Morgan fingerprint density at radius 1 is 1.33 bits per heavy atom. The molecule has 0 radical (unpaired) electrons. The van der Waals surface area contributed by atoms with Crippen LogP contribution in [0.25, 0.3) is 0 Å².